The third-order valence-corrected chi connectivity index (χ3v) is 2.30. The minimum Gasteiger partial charge on any atom is -0.318 e. The van der Waals surface area contributed by atoms with Crippen molar-refractivity contribution in [3.63, 3.8) is 0 Å². The number of hydrogen-bond acceptors (Lipinski definition) is 2. The van der Waals surface area contributed by atoms with E-state index in [-0.39, 0.29) is 0 Å². The van der Waals surface area contributed by atoms with E-state index in [0.29, 0.717) is 6.67 Å². The quantitative estimate of drug-likeness (QED) is 0.531. The summed E-state index contributed by atoms with van der Waals surface area (Å²) in [4.78, 5) is 0. The van der Waals surface area contributed by atoms with Crippen LogP contribution in [0.15, 0.2) is 24.3 Å². The first-order valence-electron chi connectivity index (χ1n) is 5.35. The molecule has 0 heterocycles. The third kappa shape index (κ3) is 3.90. The zero-order valence-corrected chi connectivity index (χ0v) is 8.92. The minimum absolute atomic E-state index is 0.563. The maximum Gasteiger partial charge on any atom is 0.0428 e. The summed E-state index contributed by atoms with van der Waals surface area (Å²) in [5, 5.41) is 3.11. The van der Waals surface area contributed by atoms with Crippen LogP contribution in [-0.2, 0) is 12.8 Å². The van der Waals surface area contributed by atoms with Crippen LogP contribution in [0.4, 0.5) is 0 Å². The minimum atomic E-state index is 0.563. The van der Waals surface area contributed by atoms with Crippen LogP contribution in [0.1, 0.15) is 24.5 Å². The molecule has 14 heavy (non-hydrogen) atoms. The van der Waals surface area contributed by atoms with Gasteiger partial charge in [-0.15, -0.1) is 0 Å². The molecule has 78 valence electrons. The third-order valence-electron chi connectivity index (χ3n) is 2.30. The van der Waals surface area contributed by atoms with Crippen LogP contribution < -0.4 is 11.1 Å². The number of nitrogens with two attached hydrogens (primary N) is 1. The first-order valence-corrected chi connectivity index (χ1v) is 5.35. The first-order chi connectivity index (χ1) is 6.86. The molecule has 1 rings (SSSR count). The van der Waals surface area contributed by atoms with Gasteiger partial charge in [0.2, 0.25) is 0 Å². The summed E-state index contributed by atoms with van der Waals surface area (Å²) >= 11 is 0. The Morgan fingerprint density at radius 3 is 2.14 bits per heavy atom. The van der Waals surface area contributed by atoms with Gasteiger partial charge < -0.3 is 11.1 Å². The van der Waals surface area contributed by atoms with Gasteiger partial charge in [-0.2, -0.15) is 0 Å². The number of rotatable bonds is 6. The van der Waals surface area contributed by atoms with Gasteiger partial charge in [0.15, 0.2) is 0 Å². The average molecular weight is 192 g/mol. The summed E-state index contributed by atoms with van der Waals surface area (Å²) < 4.78 is 0. The maximum atomic E-state index is 5.35. The lowest BCUT2D eigenvalue weighted by molar-refractivity contribution is 0.701. The highest BCUT2D eigenvalue weighted by atomic mass is 14.9. The van der Waals surface area contributed by atoms with Crippen LogP contribution in [0.5, 0.6) is 0 Å². The standard InChI is InChI=1S/C12H20N2/c1-2-3-11-4-6-12(7-5-11)8-9-14-10-13/h4-7,14H,2-3,8-10,13H2,1H3. The summed E-state index contributed by atoms with van der Waals surface area (Å²) in [7, 11) is 0. The highest BCUT2D eigenvalue weighted by Gasteiger charge is 1.93. The van der Waals surface area contributed by atoms with Crippen molar-refractivity contribution in [1.82, 2.24) is 5.32 Å². The van der Waals surface area contributed by atoms with E-state index >= 15 is 0 Å². The molecule has 0 amide bonds. The molecule has 1 aromatic rings. The van der Waals surface area contributed by atoms with Crippen molar-refractivity contribution < 1.29 is 0 Å². The fourth-order valence-electron chi connectivity index (χ4n) is 1.50. The Hall–Kier alpha value is -0.860. The van der Waals surface area contributed by atoms with Crippen molar-refractivity contribution in [2.24, 2.45) is 5.73 Å². The zero-order valence-electron chi connectivity index (χ0n) is 8.92. The van der Waals surface area contributed by atoms with Gasteiger partial charge in [0.05, 0.1) is 0 Å². The second-order valence-corrected chi connectivity index (χ2v) is 3.52. The summed E-state index contributed by atoms with van der Waals surface area (Å²) in [6, 6.07) is 8.87. The summed E-state index contributed by atoms with van der Waals surface area (Å²) in [6.07, 6.45) is 3.46. The Kier molecular flexibility index (Phi) is 5.27. The topological polar surface area (TPSA) is 38.0 Å². The van der Waals surface area contributed by atoms with Crippen molar-refractivity contribution in [2.75, 3.05) is 13.2 Å². The first kappa shape index (κ1) is 11.2. The van der Waals surface area contributed by atoms with Gasteiger partial charge in [-0.25, -0.2) is 0 Å². The molecule has 0 saturated heterocycles. The molecule has 0 radical (unpaired) electrons. The van der Waals surface area contributed by atoms with Gasteiger partial charge in [-0.1, -0.05) is 37.6 Å². The van der Waals surface area contributed by atoms with E-state index in [2.05, 4.69) is 36.5 Å². The molecule has 0 aliphatic heterocycles. The van der Waals surface area contributed by atoms with E-state index in [9.17, 15) is 0 Å². The molecule has 3 N–H and O–H groups in total. The summed E-state index contributed by atoms with van der Waals surface area (Å²) in [5.74, 6) is 0. The van der Waals surface area contributed by atoms with Gasteiger partial charge >= 0.3 is 0 Å². The normalized spacial score (nSPS) is 10.4. The second kappa shape index (κ2) is 6.57. The number of nitrogens with one attached hydrogen (secondary N) is 1. The van der Waals surface area contributed by atoms with Crippen molar-refractivity contribution in [3.8, 4) is 0 Å². The van der Waals surface area contributed by atoms with Crippen molar-refractivity contribution in [1.29, 1.82) is 0 Å². The van der Waals surface area contributed by atoms with Gasteiger partial charge in [-0.05, 0) is 24.0 Å². The van der Waals surface area contributed by atoms with Crippen molar-refractivity contribution >= 4 is 0 Å². The van der Waals surface area contributed by atoms with Crippen LogP contribution >= 0.6 is 0 Å². The second-order valence-electron chi connectivity index (χ2n) is 3.52. The molecule has 0 aliphatic rings. The Labute approximate surface area is 86.5 Å². The highest BCUT2D eigenvalue weighted by Crippen LogP contribution is 2.06. The SMILES string of the molecule is CCCc1ccc(CCNCN)cc1. The molecule has 0 saturated carbocycles. The predicted molar refractivity (Wildman–Crippen MR) is 61.2 cm³/mol. The smallest absolute Gasteiger partial charge is 0.0428 e. The van der Waals surface area contributed by atoms with E-state index in [1.807, 2.05) is 0 Å². The average Bonchev–Trinajstić information content (AvgIpc) is 2.21. The lowest BCUT2D eigenvalue weighted by Crippen LogP contribution is -2.24. The monoisotopic (exact) mass is 192 g/mol. The molecular weight excluding hydrogens is 172 g/mol. The van der Waals surface area contributed by atoms with Crippen LogP contribution in [0.3, 0.4) is 0 Å². The van der Waals surface area contributed by atoms with Crippen LogP contribution in [0.25, 0.3) is 0 Å². The van der Waals surface area contributed by atoms with Gasteiger partial charge in [0.1, 0.15) is 0 Å². The van der Waals surface area contributed by atoms with E-state index < -0.39 is 0 Å². The van der Waals surface area contributed by atoms with Crippen LogP contribution in [0, 0.1) is 0 Å². The van der Waals surface area contributed by atoms with Crippen LogP contribution in [0.2, 0.25) is 0 Å². The molecular formula is C12H20N2. The predicted octanol–water partition coefficient (Wildman–Crippen LogP) is 1.69. The van der Waals surface area contributed by atoms with E-state index in [0.717, 1.165) is 13.0 Å². The molecule has 0 atom stereocenters. The molecule has 0 aliphatic carbocycles. The van der Waals surface area contributed by atoms with Crippen LogP contribution in [-0.4, -0.2) is 13.2 Å². The lowest BCUT2D eigenvalue weighted by Gasteiger charge is -2.03. The fourth-order valence-corrected chi connectivity index (χ4v) is 1.50. The molecule has 1 aromatic carbocycles. The van der Waals surface area contributed by atoms with Gasteiger partial charge in [0.25, 0.3) is 0 Å². The lowest BCUT2D eigenvalue weighted by atomic mass is 10.1. The van der Waals surface area contributed by atoms with E-state index in [4.69, 9.17) is 5.73 Å². The number of aryl methyl sites for hydroxylation is 1. The molecule has 0 unspecified atom stereocenters. The molecule has 0 spiro atoms. The van der Waals surface area contributed by atoms with Crippen molar-refractivity contribution in [2.45, 2.75) is 26.2 Å². The highest BCUT2D eigenvalue weighted by molar-refractivity contribution is 5.22. The Balaban J connectivity index is 2.38. The Morgan fingerprint density at radius 1 is 1.07 bits per heavy atom. The molecule has 2 heteroatoms. The zero-order chi connectivity index (χ0) is 10.2. The summed E-state index contributed by atoms with van der Waals surface area (Å²) in [6.45, 7) is 3.73. The van der Waals surface area contributed by atoms with Gasteiger partial charge in [-0.3, -0.25) is 0 Å². The van der Waals surface area contributed by atoms with E-state index in [1.54, 1.807) is 0 Å². The molecule has 2 nitrogen and oxygen atoms in total. The Morgan fingerprint density at radius 2 is 1.64 bits per heavy atom. The number of benzene rings is 1. The van der Waals surface area contributed by atoms with E-state index in [1.165, 1.54) is 24.0 Å². The van der Waals surface area contributed by atoms with Crippen molar-refractivity contribution in [3.05, 3.63) is 35.4 Å². The van der Waals surface area contributed by atoms with Gasteiger partial charge in [0, 0.05) is 13.2 Å². The largest absolute Gasteiger partial charge is 0.318 e. The maximum absolute atomic E-state index is 5.35. The molecule has 0 bridgehead atoms. The molecule has 0 fully saturated rings. The molecule has 0 aromatic heterocycles. The fraction of sp³-hybridized carbons (Fsp3) is 0.500. The number of hydrogen-bond donors (Lipinski definition) is 2. The summed E-state index contributed by atoms with van der Waals surface area (Å²) in [5.41, 5.74) is 8.16. The Bertz CT molecular complexity index is 241.